The molecule has 2 fully saturated rings. The number of amides is 1. The number of hydrogen-bond donors (Lipinski definition) is 3. The lowest BCUT2D eigenvalue weighted by Gasteiger charge is -2.40. The molecule has 0 spiro atoms. The number of nitrogens with zero attached hydrogens (tertiary/aromatic N) is 2. The van der Waals surface area contributed by atoms with Crippen LogP contribution < -0.4 is 20.1 Å². The summed E-state index contributed by atoms with van der Waals surface area (Å²) in [5.74, 6) is 1.31. The van der Waals surface area contributed by atoms with Crippen LogP contribution in [0.25, 0.3) is 10.9 Å². The summed E-state index contributed by atoms with van der Waals surface area (Å²) in [7, 11) is 1.63. The van der Waals surface area contributed by atoms with Gasteiger partial charge in [-0.15, -0.1) is 0 Å². The average molecular weight is 523 g/mol. The number of carbonyl (C=O) groups is 1. The van der Waals surface area contributed by atoms with E-state index in [4.69, 9.17) is 21.1 Å². The fraction of sp³-hybridized carbons (Fsp3) is 0.429. The van der Waals surface area contributed by atoms with Gasteiger partial charge >= 0.3 is 0 Å². The first-order chi connectivity index (χ1) is 18.0. The summed E-state index contributed by atoms with van der Waals surface area (Å²) in [6.45, 7) is 1.34. The Hall–Kier alpha value is -2.91. The molecule has 4 heterocycles. The van der Waals surface area contributed by atoms with E-state index in [2.05, 4.69) is 20.5 Å². The number of hydrogen-bond acceptors (Lipinski definition) is 7. The number of benzene rings is 2. The summed E-state index contributed by atoms with van der Waals surface area (Å²) in [5, 5.41) is 19.3. The molecule has 2 saturated heterocycles. The van der Waals surface area contributed by atoms with Gasteiger partial charge in [0.15, 0.2) is 6.61 Å². The fourth-order valence-electron chi connectivity index (χ4n) is 6.17. The molecule has 0 saturated carbocycles. The Morgan fingerprint density at radius 3 is 2.84 bits per heavy atom. The quantitative estimate of drug-likeness (QED) is 0.431. The summed E-state index contributed by atoms with van der Waals surface area (Å²) in [6, 6.07) is 12.8. The molecule has 37 heavy (non-hydrogen) atoms. The Morgan fingerprint density at radius 1 is 1.24 bits per heavy atom. The van der Waals surface area contributed by atoms with E-state index in [0.717, 1.165) is 54.4 Å². The number of nitrogens with one attached hydrogen (secondary N) is 2. The summed E-state index contributed by atoms with van der Waals surface area (Å²) < 4.78 is 10.9. The zero-order valence-corrected chi connectivity index (χ0v) is 21.5. The van der Waals surface area contributed by atoms with Crippen molar-refractivity contribution in [1.29, 1.82) is 0 Å². The third kappa shape index (κ3) is 4.86. The van der Waals surface area contributed by atoms with E-state index in [1.54, 1.807) is 13.3 Å². The molecule has 0 radical (unpaired) electrons. The van der Waals surface area contributed by atoms with Gasteiger partial charge < -0.3 is 25.2 Å². The van der Waals surface area contributed by atoms with Crippen molar-refractivity contribution in [2.45, 2.75) is 56.5 Å². The fourth-order valence-corrected chi connectivity index (χ4v) is 6.44. The molecule has 3 unspecified atom stereocenters. The molecular weight excluding hydrogens is 492 g/mol. The topological polar surface area (TPSA) is 96.0 Å². The van der Waals surface area contributed by atoms with Crippen LogP contribution in [0.15, 0.2) is 42.6 Å². The van der Waals surface area contributed by atoms with Crippen LogP contribution in [0, 0.1) is 0 Å². The van der Waals surface area contributed by atoms with E-state index in [9.17, 15) is 9.90 Å². The van der Waals surface area contributed by atoms with Gasteiger partial charge in [0.25, 0.3) is 5.91 Å². The second-order valence-electron chi connectivity index (χ2n) is 10.2. The number of fused-ring (bicyclic) bond motifs is 4. The highest BCUT2D eigenvalue weighted by Crippen LogP contribution is 2.39. The molecule has 2 bridgehead atoms. The van der Waals surface area contributed by atoms with Crippen molar-refractivity contribution in [2.24, 2.45) is 0 Å². The Bertz CT molecular complexity index is 1320. The van der Waals surface area contributed by atoms with Gasteiger partial charge in [0.1, 0.15) is 11.5 Å². The minimum Gasteiger partial charge on any atom is -0.497 e. The second kappa shape index (κ2) is 10.1. The third-order valence-corrected chi connectivity index (χ3v) is 8.24. The number of ether oxygens (including phenoxy) is 2. The lowest BCUT2D eigenvalue weighted by atomic mass is 9.95. The van der Waals surface area contributed by atoms with E-state index in [-0.39, 0.29) is 12.5 Å². The van der Waals surface area contributed by atoms with E-state index in [1.807, 2.05) is 36.4 Å². The van der Waals surface area contributed by atoms with Crippen LogP contribution in [-0.4, -0.2) is 59.3 Å². The third-order valence-electron chi connectivity index (χ3n) is 7.94. The SMILES string of the molecule is COc1ccc2ncc(Cl)c(C(O)CN3C4CCC3CC(NCc3ccc5c(c3)NC(=O)CO5)C4)c2c1. The molecule has 8 nitrogen and oxygen atoms in total. The minimum atomic E-state index is -0.717. The maximum Gasteiger partial charge on any atom is 0.262 e. The van der Waals surface area contributed by atoms with Crippen LogP contribution in [0.3, 0.4) is 0 Å². The molecule has 3 N–H and O–H groups in total. The van der Waals surface area contributed by atoms with E-state index in [1.165, 1.54) is 0 Å². The van der Waals surface area contributed by atoms with E-state index >= 15 is 0 Å². The summed E-state index contributed by atoms with van der Waals surface area (Å²) in [5.41, 5.74) is 3.36. The molecule has 3 aliphatic heterocycles. The Labute approximate surface area is 220 Å². The largest absolute Gasteiger partial charge is 0.497 e. The second-order valence-corrected chi connectivity index (χ2v) is 10.6. The van der Waals surface area contributed by atoms with Gasteiger partial charge in [0.05, 0.1) is 29.4 Å². The minimum absolute atomic E-state index is 0.0679. The van der Waals surface area contributed by atoms with E-state index < -0.39 is 6.10 Å². The van der Waals surface area contributed by atoms with Crippen molar-refractivity contribution in [2.75, 3.05) is 25.6 Å². The molecule has 1 aromatic heterocycles. The van der Waals surface area contributed by atoms with Crippen molar-refractivity contribution in [3.63, 3.8) is 0 Å². The maximum atomic E-state index is 11.6. The lowest BCUT2D eigenvalue weighted by molar-refractivity contribution is -0.118. The molecule has 9 heteroatoms. The van der Waals surface area contributed by atoms with Crippen LogP contribution in [-0.2, 0) is 11.3 Å². The van der Waals surface area contributed by atoms with Gasteiger partial charge in [-0.3, -0.25) is 14.7 Å². The smallest absolute Gasteiger partial charge is 0.262 e. The molecule has 194 valence electrons. The van der Waals surface area contributed by atoms with Crippen molar-refractivity contribution in [1.82, 2.24) is 15.2 Å². The first-order valence-electron chi connectivity index (χ1n) is 12.8. The molecule has 3 atom stereocenters. The summed E-state index contributed by atoms with van der Waals surface area (Å²) in [6.07, 6.45) is 5.25. The Kier molecular flexibility index (Phi) is 6.67. The monoisotopic (exact) mass is 522 g/mol. The number of rotatable bonds is 7. The molecule has 3 aliphatic rings. The number of aromatic nitrogens is 1. The van der Waals surface area contributed by atoms with Gasteiger partial charge in [0.2, 0.25) is 0 Å². The number of carbonyl (C=O) groups excluding carboxylic acids is 1. The zero-order valence-electron chi connectivity index (χ0n) is 20.7. The van der Waals surface area contributed by atoms with Gasteiger partial charge in [-0.1, -0.05) is 17.7 Å². The van der Waals surface area contributed by atoms with Crippen molar-refractivity contribution in [3.05, 3.63) is 58.7 Å². The first kappa shape index (κ1) is 24.4. The highest BCUT2D eigenvalue weighted by atomic mass is 35.5. The first-order valence-corrected chi connectivity index (χ1v) is 13.2. The molecule has 6 rings (SSSR count). The Balaban J connectivity index is 1.11. The Morgan fingerprint density at radius 2 is 2.05 bits per heavy atom. The number of piperidine rings is 1. The maximum absolute atomic E-state index is 11.6. The summed E-state index contributed by atoms with van der Waals surface area (Å²) >= 11 is 6.55. The van der Waals surface area contributed by atoms with Gasteiger partial charge in [-0.05, 0) is 61.6 Å². The van der Waals surface area contributed by atoms with Crippen LogP contribution in [0.1, 0.15) is 42.9 Å². The number of aliphatic hydroxyl groups is 1. The van der Waals surface area contributed by atoms with Crippen molar-refractivity contribution < 1.29 is 19.4 Å². The highest BCUT2D eigenvalue weighted by Gasteiger charge is 2.41. The number of anilines is 1. The van der Waals surface area contributed by atoms with Crippen molar-refractivity contribution >= 4 is 34.1 Å². The number of aliphatic hydroxyl groups excluding tert-OH is 1. The van der Waals surface area contributed by atoms with Crippen LogP contribution in [0.5, 0.6) is 11.5 Å². The standard InChI is InChI=1S/C28H31ClN4O4/c1-36-20-5-6-23-21(11-20)28(22(29)13-31-23)25(34)14-33-18-3-4-19(33)10-17(9-18)30-12-16-2-7-26-24(8-16)32-27(35)15-37-26/h2,5-8,11,13,17-19,25,30,34H,3-4,9-10,12,14-15H2,1H3,(H,32,35). The zero-order chi connectivity index (χ0) is 25.5. The van der Waals surface area contributed by atoms with Gasteiger partial charge in [-0.25, -0.2) is 0 Å². The number of halogens is 1. The molecule has 0 aliphatic carbocycles. The van der Waals surface area contributed by atoms with Crippen LogP contribution in [0.2, 0.25) is 5.02 Å². The lowest BCUT2D eigenvalue weighted by Crippen LogP contribution is -2.50. The summed E-state index contributed by atoms with van der Waals surface area (Å²) in [4.78, 5) is 18.5. The number of methoxy groups -OCH3 is 1. The molecular formula is C28H31ClN4O4. The molecule has 1 amide bonds. The number of pyridine rings is 1. The van der Waals surface area contributed by atoms with Crippen molar-refractivity contribution in [3.8, 4) is 11.5 Å². The van der Waals surface area contributed by atoms with E-state index in [0.29, 0.717) is 46.8 Å². The molecule has 3 aromatic rings. The predicted molar refractivity (Wildman–Crippen MR) is 142 cm³/mol. The predicted octanol–water partition coefficient (Wildman–Crippen LogP) is 4.05. The van der Waals surface area contributed by atoms with Crippen LogP contribution in [0.4, 0.5) is 5.69 Å². The van der Waals surface area contributed by atoms with Crippen LogP contribution >= 0.6 is 11.6 Å². The van der Waals surface area contributed by atoms with Gasteiger partial charge in [-0.2, -0.15) is 0 Å². The molecule has 2 aromatic carbocycles. The highest BCUT2D eigenvalue weighted by molar-refractivity contribution is 6.32. The normalized spacial score (nSPS) is 23.9. The van der Waals surface area contributed by atoms with Gasteiger partial charge in [0, 0.05) is 48.4 Å². The average Bonchev–Trinajstić information content (AvgIpc) is 3.12.